The van der Waals surface area contributed by atoms with Gasteiger partial charge in [0, 0.05) is 30.8 Å². The van der Waals surface area contributed by atoms with E-state index in [1.165, 1.54) is 0 Å². The van der Waals surface area contributed by atoms with Crippen molar-refractivity contribution in [3.05, 3.63) is 23.8 Å². The van der Waals surface area contributed by atoms with E-state index in [0.29, 0.717) is 6.42 Å². The number of fused-ring (bicyclic) bond motifs is 1. The summed E-state index contributed by atoms with van der Waals surface area (Å²) in [7, 11) is 2.12. The lowest BCUT2D eigenvalue weighted by Gasteiger charge is -2.43. The molecule has 102 valence electrons. The first-order valence-corrected chi connectivity index (χ1v) is 7.93. The number of rotatable bonds is 1. The number of piperidine rings is 1. The van der Waals surface area contributed by atoms with Crippen molar-refractivity contribution < 1.29 is 9.53 Å². The second-order valence-electron chi connectivity index (χ2n) is 5.55. The van der Waals surface area contributed by atoms with E-state index in [0.717, 1.165) is 42.1 Å². The SMILES string of the molecule is CSc1ccc2c(c1)OC1(CCN(C)CC1)CC2=O. The van der Waals surface area contributed by atoms with Gasteiger partial charge in [-0.3, -0.25) is 4.79 Å². The maximum Gasteiger partial charge on any atom is 0.170 e. The summed E-state index contributed by atoms with van der Waals surface area (Å²) < 4.78 is 6.26. The van der Waals surface area contributed by atoms with Crippen molar-refractivity contribution in [2.24, 2.45) is 0 Å². The van der Waals surface area contributed by atoms with Crippen LogP contribution in [0.15, 0.2) is 23.1 Å². The van der Waals surface area contributed by atoms with Crippen LogP contribution in [0.25, 0.3) is 0 Å². The van der Waals surface area contributed by atoms with Gasteiger partial charge in [-0.15, -0.1) is 11.8 Å². The highest BCUT2D eigenvalue weighted by atomic mass is 32.2. The molecule has 3 rings (SSSR count). The third-order valence-corrected chi connectivity index (χ3v) is 4.92. The first-order valence-electron chi connectivity index (χ1n) is 6.71. The molecule has 4 heteroatoms. The average molecular weight is 277 g/mol. The molecular weight excluding hydrogens is 258 g/mol. The van der Waals surface area contributed by atoms with Gasteiger partial charge < -0.3 is 9.64 Å². The molecule has 0 aromatic heterocycles. The molecule has 1 saturated heterocycles. The third-order valence-electron chi connectivity index (χ3n) is 4.20. The minimum atomic E-state index is -0.256. The molecule has 19 heavy (non-hydrogen) atoms. The van der Waals surface area contributed by atoms with Crippen molar-refractivity contribution in [2.45, 2.75) is 29.8 Å². The molecule has 0 N–H and O–H groups in total. The molecule has 1 aromatic rings. The van der Waals surface area contributed by atoms with E-state index in [9.17, 15) is 4.79 Å². The van der Waals surface area contributed by atoms with Crippen LogP contribution in [0.5, 0.6) is 5.75 Å². The first kappa shape index (κ1) is 13.0. The average Bonchev–Trinajstić information content (AvgIpc) is 2.42. The molecule has 1 spiro atoms. The fraction of sp³-hybridized carbons (Fsp3) is 0.533. The Labute approximate surface area is 118 Å². The summed E-state index contributed by atoms with van der Waals surface area (Å²) >= 11 is 1.68. The Morgan fingerprint density at radius 1 is 1.32 bits per heavy atom. The van der Waals surface area contributed by atoms with Gasteiger partial charge in [-0.25, -0.2) is 0 Å². The van der Waals surface area contributed by atoms with E-state index in [2.05, 4.69) is 11.9 Å². The number of ketones is 1. The lowest BCUT2D eigenvalue weighted by molar-refractivity contribution is -0.00384. The summed E-state index contributed by atoms with van der Waals surface area (Å²) in [5, 5.41) is 0. The van der Waals surface area contributed by atoms with Crippen molar-refractivity contribution in [1.29, 1.82) is 0 Å². The van der Waals surface area contributed by atoms with Crippen LogP contribution in [-0.2, 0) is 0 Å². The molecular formula is C15H19NO2S. The molecule has 2 aliphatic rings. The predicted molar refractivity (Wildman–Crippen MR) is 77.3 cm³/mol. The Balaban J connectivity index is 1.92. The summed E-state index contributed by atoms with van der Waals surface area (Å²) in [5.74, 6) is 1.02. The van der Waals surface area contributed by atoms with Crippen molar-refractivity contribution in [3.8, 4) is 5.75 Å². The number of thioether (sulfide) groups is 1. The summed E-state index contributed by atoms with van der Waals surface area (Å²) in [6, 6.07) is 5.92. The van der Waals surface area contributed by atoms with Crippen molar-refractivity contribution >= 4 is 17.5 Å². The van der Waals surface area contributed by atoms with Gasteiger partial charge in [0.1, 0.15) is 11.4 Å². The van der Waals surface area contributed by atoms with Crippen LogP contribution in [0.1, 0.15) is 29.6 Å². The number of hydrogen-bond donors (Lipinski definition) is 0. The van der Waals surface area contributed by atoms with E-state index in [1.54, 1.807) is 11.8 Å². The largest absolute Gasteiger partial charge is 0.486 e. The van der Waals surface area contributed by atoms with E-state index in [1.807, 2.05) is 24.5 Å². The zero-order valence-corrected chi connectivity index (χ0v) is 12.3. The standard InChI is InChI=1S/C15H19NO2S/c1-16-7-5-15(6-8-16)10-13(17)12-4-3-11(19-2)9-14(12)18-15/h3-4,9H,5-8,10H2,1-2H3. The Kier molecular flexibility index (Phi) is 3.31. The lowest BCUT2D eigenvalue weighted by atomic mass is 9.82. The number of likely N-dealkylation sites (tertiary alicyclic amines) is 1. The van der Waals surface area contributed by atoms with Crippen LogP contribution in [0.3, 0.4) is 0 Å². The summed E-state index contributed by atoms with van der Waals surface area (Å²) in [4.78, 5) is 15.8. The van der Waals surface area contributed by atoms with E-state index < -0.39 is 0 Å². The minimum absolute atomic E-state index is 0.235. The molecule has 0 radical (unpaired) electrons. The van der Waals surface area contributed by atoms with Gasteiger partial charge in [0.25, 0.3) is 0 Å². The van der Waals surface area contributed by atoms with Crippen molar-refractivity contribution in [3.63, 3.8) is 0 Å². The second kappa shape index (κ2) is 4.84. The van der Waals surface area contributed by atoms with Crippen LogP contribution in [-0.4, -0.2) is 42.7 Å². The number of benzene rings is 1. The Bertz CT molecular complexity index is 507. The van der Waals surface area contributed by atoms with Gasteiger partial charge in [0.2, 0.25) is 0 Å². The molecule has 0 bridgehead atoms. The van der Waals surface area contributed by atoms with Crippen LogP contribution in [0.2, 0.25) is 0 Å². The Hall–Kier alpha value is -1.00. The van der Waals surface area contributed by atoms with Crippen LogP contribution >= 0.6 is 11.8 Å². The molecule has 2 aliphatic heterocycles. The second-order valence-corrected chi connectivity index (χ2v) is 6.43. The zero-order chi connectivity index (χ0) is 13.5. The van der Waals surface area contributed by atoms with Crippen LogP contribution in [0, 0.1) is 0 Å². The van der Waals surface area contributed by atoms with Gasteiger partial charge >= 0.3 is 0 Å². The third kappa shape index (κ3) is 2.39. The molecule has 0 atom stereocenters. The molecule has 2 heterocycles. The number of nitrogens with zero attached hydrogens (tertiary/aromatic N) is 1. The molecule has 0 saturated carbocycles. The fourth-order valence-electron chi connectivity index (χ4n) is 2.91. The summed E-state index contributed by atoms with van der Waals surface area (Å²) in [6.45, 7) is 2.01. The number of hydrogen-bond acceptors (Lipinski definition) is 4. The quantitative estimate of drug-likeness (QED) is 0.738. The lowest BCUT2D eigenvalue weighted by Crippen LogP contribution is -2.50. The van der Waals surface area contributed by atoms with Gasteiger partial charge in [0.05, 0.1) is 12.0 Å². The highest BCUT2D eigenvalue weighted by Gasteiger charge is 2.42. The van der Waals surface area contributed by atoms with Crippen LogP contribution in [0.4, 0.5) is 0 Å². The zero-order valence-electron chi connectivity index (χ0n) is 11.4. The smallest absolute Gasteiger partial charge is 0.170 e. The van der Waals surface area contributed by atoms with Gasteiger partial charge in [-0.2, -0.15) is 0 Å². The maximum absolute atomic E-state index is 12.3. The van der Waals surface area contributed by atoms with Gasteiger partial charge in [-0.05, 0) is 31.5 Å². The molecule has 0 unspecified atom stereocenters. The van der Waals surface area contributed by atoms with Gasteiger partial charge in [-0.1, -0.05) is 0 Å². The Morgan fingerprint density at radius 2 is 2.05 bits per heavy atom. The monoisotopic (exact) mass is 277 g/mol. The molecule has 1 aromatic carbocycles. The molecule has 0 amide bonds. The number of Topliss-reactive ketones (excluding diaryl/α,β-unsaturated/α-hetero) is 1. The highest BCUT2D eigenvalue weighted by Crippen LogP contribution is 2.40. The number of ether oxygens (including phenoxy) is 1. The Morgan fingerprint density at radius 3 is 2.74 bits per heavy atom. The normalized spacial score (nSPS) is 22.1. The van der Waals surface area contributed by atoms with Gasteiger partial charge in [0.15, 0.2) is 5.78 Å². The van der Waals surface area contributed by atoms with Crippen molar-refractivity contribution in [2.75, 3.05) is 26.4 Å². The van der Waals surface area contributed by atoms with Crippen LogP contribution < -0.4 is 4.74 Å². The predicted octanol–water partition coefficient (Wildman–Crippen LogP) is 2.84. The van der Waals surface area contributed by atoms with E-state index in [4.69, 9.17) is 4.74 Å². The minimum Gasteiger partial charge on any atom is -0.486 e. The number of carbonyl (C=O) groups excluding carboxylic acids is 1. The van der Waals surface area contributed by atoms with E-state index >= 15 is 0 Å². The fourth-order valence-corrected chi connectivity index (χ4v) is 3.34. The highest BCUT2D eigenvalue weighted by molar-refractivity contribution is 7.98. The first-order chi connectivity index (χ1) is 9.12. The molecule has 1 fully saturated rings. The topological polar surface area (TPSA) is 29.5 Å². The maximum atomic E-state index is 12.3. The van der Waals surface area contributed by atoms with E-state index in [-0.39, 0.29) is 11.4 Å². The number of carbonyl (C=O) groups is 1. The van der Waals surface area contributed by atoms with Crippen molar-refractivity contribution in [1.82, 2.24) is 4.90 Å². The summed E-state index contributed by atoms with van der Waals surface area (Å²) in [5.41, 5.74) is 0.496. The summed E-state index contributed by atoms with van der Waals surface area (Å²) in [6.07, 6.45) is 4.46. The molecule has 3 nitrogen and oxygen atoms in total. The molecule has 0 aliphatic carbocycles.